The third-order valence-electron chi connectivity index (χ3n) is 4.32. The van der Waals surface area contributed by atoms with Crippen molar-refractivity contribution in [2.75, 3.05) is 0 Å². The molecular weight excluding hydrogens is 293 g/mol. The lowest BCUT2D eigenvalue weighted by atomic mass is 10.1. The van der Waals surface area contributed by atoms with Crippen molar-refractivity contribution < 1.29 is 18.0 Å². The molecule has 0 spiro atoms. The fraction of sp³-hybridized carbons (Fsp3) is 0.438. The highest BCUT2D eigenvalue weighted by molar-refractivity contribution is 5.99. The summed E-state index contributed by atoms with van der Waals surface area (Å²) in [5.74, 6) is -1.19. The van der Waals surface area contributed by atoms with Crippen LogP contribution in [-0.4, -0.2) is 23.1 Å². The van der Waals surface area contributed by atoms with Gasteiger partial charge in [0.1, 0.15) is 11.7 Å². The van der Waals surface area contributed by atoms with Crippen molar-refractivity contribution in [2.45, 2.75) is 38.9 Å². The first kappa shape index (κ1) is 14.9. The summed E-state index contributed by atoms with van der Waals surface area (Å²) in [4.78, 5) is 15.1. The maximum atomic E-state index is 13.0. The topological polar surface area (TPSA) is 44.9 Å². The number of hydrogen-bond acceptors (Lipinski definition) is 1. The number of aromatic amines is 1. The largest absolute Gasteiger partial charge is 0.408 e. The molecule has 1 aliphatic carbocycles. The van der Waals surface area contributed by atoms with Crippen LogP contribution in [-0.2, 0) is 0 Å². The van der Waals surface area contributed by atoms with Crippen molar-refractivity contribution in [1.82, 2.24) is 10.3 Å². The SMILES string of the molecule is Cc1ccc2[nH]c(C(=O)NC(C3CC3)C(F)(F)F)cc2c1C. The molecule has 1 fully saturated rings. The summed E-state index contributed by atoms with van der Waals surface area (Å²) in [6.45, 7) is 3.88. The van der Waals surface area contributed by atoms with E-state index in [-0.39, 0.29) is 5.69 Å². The van der Waals surface area contributed by atoms with Gasteiger partial charge in [-0.3, -0.25) is 4.79 Å². The highest BCUT2D eigenvalue weighted by Crippen LogP contribution is 2.40. The molecule has 2 N–H and O–H groups in total. The number of carbonyl (C=O) groups excluding carboxylic acids is 1. The van der Waals surface area contributed by atoms with Gasteiger partial charge in [0.2, 0.25) is 0 Å². The van der Waals surface area contributed by atoms with Gasteiger partial charge in [0, 0.05) is 10.9 Å². The van der Waals surface area contributed by atoms with Crippen LogP contribution < -0.4 is 5.32 Å². The van der Waals surface area contributed by atoms with Gasteiger partial charge in [-0.2, -0.15) is 13.2 Å². The van der Waals surface area contributed by atoms with Gasteiger partial charge in [0.05, 0.1) is 0 Å². The average molecular weight is 310 g/mol. The fourth-order valence-corrected chi connectivity index (χ4v) is 2.70. The summed E-state index contributed by atoms with van der Waals surface area (Å²) in [7, 11) is 0. The number of carbonyl (C=O) groups is 1. The first-order chi connectivity index (χ1) is 10.3. The maximum absolute atomic E-state index is 13.0. The van der Waals surface area contributed by atoms with Crippen molar-refractivity contribution >= 4 is 16.8 Å². The summed E-state index contributed by atoms with van der Waals surface area (Å²) < 4.78 is 39.0. The van der Waals surface area contributed by atoms with E-state index in [9.17, 15) is 18.0 Å². The molecule has 1 heterocycles. The minimum atomic E-state index is -4.41. The van der Waals surface area contributed by atoms with E-state index in [4.69, 9.17) is 0 Å². The second kappa shape index (κ2) is 5.04. The van der Waals surface area contributed by atoms with E-state index in [1.807, 2.05) is 26.0 Å². The fourth-order valence-electron chi connectivity index (χ4n) is 2.70. The van der Waals surface area contributed by atoms with Crippen LogP contribution in [0.5, 0.6) is 0 Å². The zero-order valence-electron chi connectivity index (χ0n) is 12.3. The van der Waals surface area contributed by atoms with Gasteiger partial charge in [-0.25, -0.2) is 0 Å². The number of rotatable bonds is 3. The number of fused-ring (bicyclic) bond motifs is 1. The number of halogens is 3. The highest BCUT2D eigenvalue weighted by atomic mass is 19.4. The molecule has 1 aromatic heterocycles. The van der Waals surface area contributed by atoms with E-state index in [0.29, 0.717) is 12.8 Å². The van der Waals surface area contributed by atoms with E-state index < -0.39 is 24.0 Å². The van der Waals surface area contributed by atoms with Gasteiger partial charge < -0.3 is 10.3 Å². The molecule has 1 unspecified atom stereocenters. The number of hydrogen-bond donors (Lipinski definition) is 2. The molecule has 3 nitrogen and oxygen atoms in total. The quantitative estimate of drug-likeness (QED) is 0.888. The molecule has 2 aromatic rings. The van der Waals surface area contributed by atoms with Crippen molar-refractivity contribution in [3.05, 3.63) is 35.0 Å². The Labute approximate surface area is 125 Å². The monoisotopic (exact) mass is 310 g/mol. The number of aromatic nitrogens is 1. The lowest BCUT2D eigenvalue weighted by Gasteiger charge is -2.20. The normalized spacial score (nSPS) is 16.8. The Hall–Kier alpha value is -1.98. The molecule has 1 saturated carbocycles. The lowest BCUT2D eigenvalue weighted by molar-refractivity contribution is -0.158. The molecule has 1 amide bonds. The third kappa shape index (κ3) is 2.69. The van der Waals surface area contributed by atoms with Gasteiger partial charge in [-0.15, -0.1) is 0 Å². The van der Waals surface area contributed by atoms with Crippen molar-refractivity contribution in [2.24, 2.45) is 5.92 Å². The van der Waals surface area contributed by atoms with Gasteiger partial charge in [-0.1, -0.05) is 6.07 Å². The van der Waals surface area contributed by atoms with Crippen molar-refractivity contribution in [3.8, 4) is 0 Å². The van der Waals surface area contributed by atoms with Crippen molar-refractivity contribution in [3.63, 3.8) is 0 Å². The standard InChI is InChI=1S/C16H17F3N2O/c1-8-3-6-12-11(9(8)2)7-13(20-12)15(22)21-14(10-4-5-10)16(17,18)19/h3,6-7,10,14,20H,4-5H2,1-2H3,(H,21,22). The minimum absolute atomic E-state index is 0.165. The molecule has 0 bridgehead atoms. The first-order valence-electron chi connectivity index (χ1n) is 7.24. The third-order valence-corrected chi connectivity index (χ3v) is 4.32. The van der Waals surface area contributed by atoms with Crippen LogP contribution in [0.25, 0.3) is 10.9 Å². The summed E-state index contributed by atoms with van der Waals surface area (Å²) >= 11 is 0. The Kier molecular flexibility index (Phi) is 3.42. The number of amides is 1. The van der Waals surface area contributed by atoms with Crippen LogP contribution in [0, 0.1) is 19.8 Å². The number of nitrogens with one attached hydrogen (secondary N) is 2. The number of alkyl halides is 3. The lowest BCUT2D eigenvalue weighted by Crippen LogP contribution is -2.47. The van der Waals surface area contributed by atoms with Crippen molar-refractivity contribution in [1.29, 1.82) is 0 Å². The average Bonchev–Trinajstić information content (AvgIpc) is 3.16. The van der Waals surface area contributed by atoms with Crippen LogP contribution in [0.2, 0.25) is 0 Å². The molecule has 0 radical (unpaired) electrons. The first-order valence-corrected chi connectivity index (χ1v) is 7.24. The molecular formula is C16H17F3N2O. The van der Waals surface area contributed by atoms with E-state index in [2.05, 4.69) is 10.3 Å². The minimum Gasteiger partial charge on any atom is -0.351 e. The van der Waals surface area contributed by atoms with Crippen LogP contribution in [0.3, 0.4) is 0 Å². The molecule has 118 valence electrons. The summed E-state index contributed by atoms with van der Waals surface area (Å²) in [6, 6.07) is 3.61. The number of H-pyrrole nitrogens is 1. The molecule has 0 saturated heterocycles. The summed E-state index contributed by atoms with van der Waals surface area (Å²) in [5.41, 5.74) is 3.01. The maximum Gasteiger partial charge on any atom is 0.408 e. The molecule has 22 heavy (non-hydrogen) atoms. The van der Waals surface area contributed by atoms with Crippen LogP contribution >= 0.6 is 0 Å². The Morgan fingerprint density at radius 2 is 2.00 bits per heavy atom. The molecule has 1 aromatic carbocycles. The zero-order valence-corrected chi connectivity index (χ0v) is 12.3. The van der Waals surface area contributed by atoms with Gasteiger partial charge in [0.25, 0.3) is 5.91 Å². The summed E-state index contributed by atoms with van der Waals surface area (Å²) in [5, 5.41) is 3.00. The smallest absolute Gasteiger partial charge is 0.351 e. The molecule has 6 heteroatoms. The zero-order chi connectivity index (χ0) is 16.1. The highest BCUT2D eigenvalue weighted by Gasteiger charge is 2.49. The van der Waals surface area contributed by atoms with Crippen LogP contribution in [0.1, 0.15) is 34.5 Å². The molecule has 1 atom stereocenters. The molecule has 0 aliphatic heterocycles. The van der Waals surface area contributed by atoms with E-state index in [0.717, 1.165) is 22.0 Å². The van der Waals surface area contributed by atoms with Gasteiger partial charge in [-0.05, 0) is 55.9 Å². The second-order valence-corrected chi connectivity index (χ2v) is 5.98. The Morgan fingerprint density at radius 1 is 1.32 bits per heavy atom. The summed E-state index contributed by atoms with van der Waals surface area (Å²) in [6.07, 6.45) is -3.39. The molecule has 3 rings (SSSR count). The van der Waals surface area contributed by atoms with Gasteiger partial charge in [0.15, 0.2) is 0 Å². The second-order valence-electron chi connectivity index (χ2n) is 5.98. The Bertz CT molecular complexity index is 729. The molecule has 1 aliphatic rings. The predicted molar refractivity (Wildman–Crippen MR) is 77.8 cm³/mol. The van der Waals surface area contributed by atoms with Crippen LogP contribution in [0.4, 0.5) is 13.2 Å². The van der Waals surface area contributed by atoms with E-state index in [1.165, 1.54) is 0 Å². The van der Waals surface area contributed by atoms with E-state index in [1.54, 1.807) is 6.07 Å². The van der Waals surface area contributed by atoms with Crippen LogP contribution in [0.15, 0.2) is 18.2 Å². The predicted octanol–water partition coefficient (Wildman–Crippen LogP) is 3.86. The van der Waals surface area contributed by atoms with E-state index >= 15 is 0 Å². The number of benzene rings is 1. The Morgan fingerprint density at radius 3 is 2.59 bits per heavy atom. The van der Waals surface area contributed by atoms with Gasteiger partial charge >= 0.3 is 6.18 Å². The Balaban J connectivity index is 1.87. The number of aryl methyl sites for hydroxylation is 2.